The van der Waals surface area contributed by atoms with Crippen LogP contribution in [0.2, 0.25) is 5.02 Å². The molecule has 3 nitrogen and oxygen atoms in total. The number of rotatable bonds is 7. The summed E-state index contributed by atoms with van der Waals surface area (Å²) in [5.74, 6) is 1.07. The van der Waals surface area contributed by atoms with E-state index < -0.39 is 0 Å². The lowest BCUT2D eigenvalue weighted by Crippen LogP contribution is -2.18. The van der Waals surface area contributed by atoms with E-state index in [0.717, 1.165) is 23.0 Å². The number of carbonyl (C=O) groups is 1. The highest BCUT2D eigenvalue weighted by molar-refractivity contribution is 9.10. The fourth-order valence-corrected chi connectivity index (χ4v) is 2.93. The molecule has 3 N–H and O–H groups in total. The number of nitrogens with two attached hydrogens (primary N) is 1. The van der Waals surface area contributed by atoms with E-state index in [4.69, 9.17) is 17.3 Å². The molecule has 0 bridgehead atoms. The first-order chi connectivity index (χ1) is 9.43. The van der Waals surface area contributed by atoms with Crippen molar-refractivity contribution < 1.29 is 4.79 Å². The Balaban J connectivity index is 2.51. The highest BCUT2D eigenvalue weighted by Gasteiger charge is 2.15. The quantitative estimate of drug-likeness (QED) is 0.754. The molecule has 1 amide bonds. The third-order valence-corrected chi connectivity index (χ3v) is 4.32. The summed E-state index contributed by atoms with van der Waals surface area (Å²) >= 11 is 9.26. The number of nitrogens with one attached hydrogen (secondary N) is 1. The monoisotopic (exact) mass is 360 g/mol. The molecule has 1 aromatic carbocycles. The van der Waals surface area contributed by atoms with Crippen molar-refractivity contribution in [1.29, 1.82) is 0 Å². The van der Waals surface area contributed by atoms with Crippen LogP contribution in [0.4, 0.5) is 5.69 Å². The number of benzene rings is 1. The lowest BCUT2D eigenvalue weighted by Gasteiger charge is -2.19. The van der Waals surface area contributed by atoms with Gasteiger partial charge in [0.25, 0.3) is 0 Å². The molecule has 1 atom stereocenters. The topological polar surface area (TPSA) is 55.1 Å². The molecule has 20 heavy (non-hydrogen) atoms. The molecule has 0 heterocycles. The van der Waals surface area contributed by atoms with Crippen LogP contribution in [-0.4, -0.2) is 12.5 Å². The molecule has 0 saturated heterocycles. The molecule has 5 heteroatoms. The summed E-state index contributed by atoms with van der Waals surface area (Å²) < 4.78 is 0.792. The third-order valence-electron chi connectivity index (χ3n) is 3.43. The van der Waals surface area contributed by atoms with Gasteiger partial charge in [0.1, 0.15) is 0 Å². The van der Waals surface area contributed by atoms with Gasteiger partial charge in [-0.25, -0.2) is 0 Å². The van der Waals surface area contributed by atoms with E-state index in [2.05, 4.69) is 35.1 Å². The van der Waals surface area contributed by atoms with Crippen molar-refractivity contribution >= 4 is 39.1 Å². The Morgan fingerprint density at radius 1 is 1.40 bits per heavy atom. The van der Waals surface area contributed by atoms with E-state index in [1.807, 2.05) is 0 Å². The van der Waals surface area contributed by atoms with Crippen LogP contribution >= 0.6 is 27.5 Å². The van der Waals surface area contributed by atoms with E-state index in [9.17, 15) is 4.79 Å². The maximum atomic E-state index is 12.0. The summed E-state index contributed by atoms with van der Waals surface area (Å²) in [6.45, 7) is 5.02. The highest BCUT2D eigenvalue weighted by Crippen LogP contribution is 2.26. The Kier molecular flexibility index (Phi) is 7.56. The first-order valence-corrected chi connectivity index (χ1v) is 8.06. The maximum absolute atomic E-state index is 12.0. The van der Waals surface area contributed by atoms with E-state index in [-0.39, 0.29) is 5.91 Å². The maximum Gasteiger partial charge on any atom is 0.224 e. The zero-order valence-corrected chi connectivity index (χ0v) is 14.3. The van der Waals surface area contributed by atoms with E-state index in [1.54, 1.807) is 18.2 Å². The van der Waals surface area contributed by atoms with Crippen molar-refractivity contribution in [3.8, 4) is 0 Å². The van der Waals surface area contributed by atoms with Gasteiger partial charge in [0.15, 0.2) is 0 Å². The second kappa shape index (κ2) is 8.65. The van der Waals surface area contributed by atoms with Crippen LogP contribution in [0.15, 0.2) is 22.7 Å². The van der Waals surface area contributed by atoms with E-state index >= 15 is 0 Å². The largest absolute Gasteiger partial charge is 0.330 e. The normalized spacial score (nSPS) is 12.5. The smallest absolute Gasteiger partial charge is 0.224 e. The first kappa shape index (κ1) is 17.5. The lowest BCUT2D eigenvalue weighted by molar-refractivity contribution is -0.116. The Bertz CT molecular complexity index is 451. The Hall–Kier alpha value is -0.580. The summed E-state index contributed by atoms with van der Waals surface area (Å²) in [6, 6.07) is 5.32. The van der Waals surface area contributed by atoms with Gasteiger partial charge in [0, 0.05) is 15.9 Å². The van der Waals surface area contributed by atoms with Crippen molar-refractivity contribution in [1.82, 2.24) is 0 Å². The zero-order chi connectivity index (χ0) is 15.1. The van der Waals surface area contributed by atoms with Gasteiger partial charge in [-0.05, 0) is 65.4 Å². The van der Waals surface area contributed by atoms with Crippen LogP contribution in [0, 0.1) is 11.8 Å². The van der Waals surface area contributed by atoms with Gasteiger partial charge in [0.05, 0.1) is 5.69 Å². The number of hydrogen-bond donors (Lipinski definition) is 2. The van der Waals surface area contributed by atoms with Crippen LogP contribution < -0.4 is 11.1 Å². The number of amides is 1. The molecule has 0 aliphatic carbocycles. The van der Waals surface area contributed by atoms with Crippen LogP contribution in [0.1, 0.15) is 33.1 Å². The van der Waals surface area contributed by atoms with Gasteiger partial charge in [-0.2, -0.15) is 0 Å². The van der Waals surface area contributed by atoms with Crippen molar-refractivity contribution in [3.05, 3.63) is 27.7 Å². The first-order valence-electron chi connectivity index (χ1n) is 6.89. The molecule has 0 saturated carbocycles. The summed E-state index contributed by atoms with van der Waals surface area (Å²) in [7, 11) is 0. The van der Waals surface area contributed by atoms with Crippen molar-refractivity contribution in [2.75, 3.05) is 11.9 Å². The Morgan fingerprint density at radius 3 is 2.65 bits per heavy atom. The minimum Gasteiger partial charge on any atom is -0.330 e. The molecule has 0 fully saturated rings. The molecule has 1 aromatic rings. The molecule has 0 spiro atoms. The molecular formula is C15H22BrClN2O. The van der Waals surface area contributed by atoms with Crippen molar-refractivity contribution in [3.63, 3.8) is 0 Å². The van der Waals surface area contributed by atoms with Gasteiger partial charge >= 0.3 is 0 Å². The number of halogens is 2. The van der Waals surface area contributed by atoms with E-state index in [1.165, 1.54) is 0 Å². The molecule has 0 radical (unpaired) electrons. The number of anilines is 1. The Labute approximate surface area is 134 Å². The standard InChI is InChI=1S/C15H22BrClN2O/c1-10(2)11(7-8-18)3-6-15(20)19-14-5-4-12(17)9-13(14)16/h4-5,9-11H,3,6-8,18H2,1-2H3,(H,19,20). The average molecular weight is 362 g/mol. The molecular weight excluding hydrogens is 340 g/mol. The minimum absolute atomic E-state index is 0.0238. The summed E-state index contributed by atoms with van der Waals surface area (Å²) in [4.78, 5) is 12.0. The predicted octanol–water partition coefficient (Wildman–Crippen LogP) is 4.44. The summed E-state index contributed by atoms with van der Waals surface area (Å²) in [5, 5.41) is 3.53. The van der Waals surface area contributed by atoms with Crippen LogP contribution in [-0.2, 0) is 4.79 Å². The average Bonchev–Trinajstić information content (AvgIpc) is 2.37. The SMILES string of the molecule is CC(C)C(CCN)CCC(=O)Nc1ccc(Cl)cc1Br. The molecule has 1 unspecified atom stereocenters. The summed E-state index contributed by atoms with van der Waals surface area (Å²) in [6.07, 6.45) is 2.35. The third kappa shape index (κ3) is 5.81. The fourth-order valence-electron chi connectivity index (χ4n) is 2.15. The molecule has 112 valence electrons. The minimum atomic E-state index is 0.0238. The molecule has 1 rings (SSSR count). The van der Waals surface area contributed by atoms with Gasteiger partial charge in [-0.3, -0.25) is 4.79 Å². The second-order valence-corrected chi connectivity index (χ2v) is 6.58. The zero-order valence-electron chi connectivity index (χ0n) is 12.0. The number of carbonyl (C=O) groups excluding carboxylic acids is 1. The highest BCUT2D eigenvalue weighted by atomic mass is 79.9. The fraction of sp³-hybridized carbons (Fsp3) is 0.533. The Morgan fingerprint density at radius 2 is 2.10 bits per heavy atom. The van der Waals surface area contributed by atoms with E-state index in [0.29, 0.717) is 29.8 Å². The molecule has 0 aliphatic heterocycles. The van der Waals surface area contributed by atoms with Gasteiger partial charge in [0.2, 0.25) is 5.91 Å². The van der Waals surface area contributed by atoms with Crippen LogP contribution in [0.3, 0.4) is 0 Å². The van der Waals surface area contributed by atoms with Crippen molar-refractivity contribution in [2.24, 2.45) is 17.6 Å². The van der Waals surface area contributed by atoms with Gasteiger partial charge in [-0.1, -0.05) is 25.4 Å². The second-order valence-electron chi connectivity index (χ2n) is 5.29. The van der Waals surface area contributed by atoms with Gasteiger partial charge in [-0.15, -0.1) is 0 Å². The van der Waals surface area contributed by atoms with Crippen LogP contribution in [0.25, 0.3) is 0 Å². The summed E-state index contributed by atoms with van der Waals surface area (Å²) in [5.41, 5.74) is 6.36. The van der Waals surface area contributed by atoms with Gasteiger partial charge < -0.3 is 11.1 Å². The van der Waals surface area contributed by atoms with Crippen LogP contribution in [0.5, 0.6) is 0 Å². The predicted molar refractivity (Wildman–Crippen MR) is 89.0 cm³/mol. The number of hydrogen-bond acceptors (Lipinski definition) is 2. The molecule has 0 aromatic heterocycles. The lowest BCUT2D eigenvalue weighted by atomic mass is 9.88. The molecule has 0 aliphatic rings. The van der Waals surface area contributed by atoms with Crippen molar-refractivity contribution in [2.45, 2.75) is 33.1 Å².